The van der Waals surface area contributed by atoms with Gasteiger partial charge in [-0.2, -0.15) is 0 Å². The van der Waals surface area contributed by atoms with Gasteiger partial charge in [0, 0.05) is 17.5 Å². The number of primary amides is 1. The number of rotatable bonds is 4. The third-order valence-electron chi connectivity index (χ3n) is 6.37. The van der Waals surface area contributed by atoms with Crippen molar-refractivity contribution in [2.75, 3.05) is 19.7 Å². The summed E-state index contributed by atoms with van der Waals surface area (Å²) in [5.41, 5.74) is 10.3. The van der Waals surface area contributed by atoms with Crippen LogP contribution in [0.1, 0.15) is 45.9 Å². The molecule has 2 aliphatic heterocycles. The predicted octanol–water partition coefficient (Wildman–Crippen LogP) is 3.49. The first-order valence-corrected chi connectivity index (χ1v) is 10.9. The number of benzene rings is 2. The van der Waals surface area contributed by atoms with E-state index in [1.807, 2.05) is 43.3 Å². The van der Waals surface area contributed by atoms with Gasteiger partial charge in [-0.3, -0.25) is 9.78 Å². The Kier molecular flexibility index (Phi) is 5.24. The van der Waals surface area contributed by atoms with Gasteiger partial charge in [0.05, 0.1) is 11.1 Å². The van der Waals surface area contributed by atoms with E-state index >= 15 is 0 Å². The van der Waals surface area contributed by atoms with Crippen LogP contribution in [0.5, 0.6) is 11.5 Å². The van der Waals surface area contributed by atoms with Crippen LogP contribution in [0.3, 0.4) is 0 Å². The van der Waals surface area contributed by atoms with E-state index in [1.54, 1.807) is 6.07 Å². The number of piperidine rings is 1. The van der Waals surface area contributed by atoms with Gasteiger partial charge in [-0.25, -0.2) is 0 Å². The van der Waals surface area contributed by atoms with Crippen molar-refractivity contribution in [3.05, 3.63) is 64.8 Å². The first-order valence-electron chi connectivity index (χ1n) is 10.9. The van der Waals surface area contributed by atoms with E-state index in [1.165, 1.54) is 11.1 Å². The number of carbonyl (C=O) groups is 1. The van der Waals surface area contributed by atoms with Crippen molar-refractivity contribution in [3.63, 3.8) is 0 Å². The van der Waals surface area contributed by atoms with Crippen LogP contribution < -0.4 is 20.5 Å². The lowest BCUT2D eigenvalue weighted by molar-refractivity contribution is 0.0912. The molecule has 1 amide bonds. The van der Waals surface area contributed by atoms with Crippen molar-refractivity contribution in [2.45, 2.75) is 38.2 Å². The Hall–Kier alpha value is -3.12. The Morgan fingerprint density at radius 3 is 2.68 bits per heavy atom. The normalized spacial score (nSPS) is 18.8. The van der Waals surface area contributed by atoms with Crippen molar-refractivity contribution in [1.82, 2.24) is 10.3 Å². The summed E-state index contributed by atoms with van der Waals surface area (Å²) in [6.07, 6.45) is 2.72. The molecule has 6 heteroatoms. The Balaban J connectivity index is 1.61. The fourth-order valence-corrected chi connectivity index (χ4v) is 4.96. The molecule has 1 aromatic heterocycles. The average molecular weight is 418 g/mol. The second kappa shape index (κ2) is 8.19. The number of fused-ring (bicyclic) bond motifs is 2. The highest BCUT2D eigenvalue weighted by atomic mass is 16.6. The third-order valence-corrected chi connectivity index (χ3v) is 6.37. The van der Waals surface area contributed by atoms with Crippen molar-refractivity contribution in [1.29, 1.82) is 0 Å². The van der Waals surface area contributed by atoms with Gasteiger partial charge in [-0.05, 0) is 68.1 Å². The van der Waals surface area contributed by atoms with Gasteiger partial charge in [0.15, 0.2) is 11.5 Å². The maximum absolute atomic E-state index is 12.1. The Morgan fingerprint density at radius 2 is 1.90 bits per heavy atom. The minimum absolute atomic E-state index is 0.113. The number of nitrogens with one attached hydrogen (secondary N) is 1. The molecule has 3 heterocycles. The lowest BCUT2D eigenvalue weighted by Crippen LogP contribution is -2.32. The Labute approximate surface area is 181 Å². The third kappa shape index (κ3) is 3.72. The van der Waals surface area contributed by atoms with E-state index in [2.05, 4.69) is 5.32 Å². The molecule has 0 bridgehead atoms. The number of nitrogens with two attached hydrogens (primary N) is 1. The smallest absolute Gasteiger partial charge is 0.250 e. The predicted molar refractivity (Wildman–Crippen MR) is 120 cm³/mol. The Bertz CT molecular complexity index is 1140. The second-order valence-electron chi connectivity index (χ2n) is 8.38. The lowest BCUT2D eigenvalue weighted by atomic mass is 9.82. The largest absolute Gasteiger partial charge is 0.486 e. The highest BCUT2D eigenvalue weighted by Crippen LogP contribution is 2.37. The van der Waals surface area contributed by atoms with Crippen LogP contribution in [-0.4, -0.2) is 36.7 Å². The summed E-state index contributed by atoms with van der Waals surface area (Å²) in [5, 5.41) is 4.43. The minimum Gasteiger partial charge on any atom is -0.486 e. The van der Waals surface area contributed by atoms with Crippen LogP contribution in [0, 0.1) is 6.92 Å². The first-order chi connectivity index (χ1) is 15.1. The van der Waals surface area contributed by atoms with E-state index < -0.39 is 5.91 Å². The molecular weight excluding hydrogens is 390 g/mol. The topological polar surface area (TPSA) is 86.5 Å². The number of amides is 1. The maximum Gasteiger partial charge on any atom is 0.250 e. The number of aryl methyl sites for hydroxylation is 1. The van der Waals surface area contributed by atoms with Crippen molar-refractivity contribution >= 4 is 16.8 Å². The molecule has 1 saturated heterocycles. The molecule has 2 aromatic carbocycles. The molecule has 1 fully saturated rings. The van der Waals surface area contributed by atoms with Crippen molar-refractivity contribution in [2.24, 2.45) is 5.73 Å². The van der Waals surface area contributed by atoms with E-state index in [9.17, 15) is 4.79 Å². The summed E-state index contributed by atoms with van der Waals surface area (Å²) in [4.78, 5) is 16.9. The van der Waals surface area contributed by atoms with Crippen LogP contribution in [0.4, 0.5) is 0 Å². The molecule has 160 valence electrons. The molecule has 5 rings (SSSR count). The highest BCUT2D eigenvalue weighted by Gasteiger charge is 2.28. The number of pyridine rings is 1. The van der Waals surface area contributed by atoms with Gasteiger partial charge in [0.1, 0.15) is 12.7 Å². The molecule has 31 heavy (non-hydrogen) atoms. The van der Waals surface area contributed by atoms with Gasteiger partial charge >= 0.3 is 0 Å². The molecule has 0 radical (unpaired) electrons. The molecular formula is C25H27N3O3. The van der Waals surface area contributed by atoms with E-state index in [4.69, 9.17) is 20.2 Å². The molecule has 3 aromatic rings. The molecule has 0 aliphatic carbocycles. The number of hydrogen-bond donors (Lipinski definition) is 2. The standard InChI is InChI=1S/C25H27N3O3/c1-15-23(16-9-11-27-12-10-16)20(18-5-4-6-19(25(26)29)24(18)28-15)13-17-14-30-21-7-2-3-8-22(21)31-17/h2-8,16-17,27H,9-14H2,1H3,(H2,26,29). The minimum atomic E-state index is -0.454. The summed E-state index contributed by atoms with van der Waals surface area (Å²) in [6.45, 7) is 4.53. The maximum atomic E-state index is 12.1. The molecule has 1 unspecified atom stereocenters. The molecule has 0 saturated carbocycles. The van der Waals surface area contributed by atoms with Gasteiger partial charge in [-0.15, -0.1) is 0 Å². The van der Waals surface area contributed by atoms with Crippen LogP contribution in [0.2, 0.25) is 0 Å². The van der Waals surface area contributed by atoms with Gasteiger partial charge < -0.3 is 20.5 Å². The van der Waals surface area contributed by atoms with Gasteiger partial charge in [0.2, 0.25) is 0 Å². The zero-order valence-corrected chi connectivity index (χ0v) is 17.7. The molecule has 0 spiro atoms. The molecule has 2 aliphatic rings. The SMILES string of the molecule is Cc1nc2c(C(N)=O)cccc2c(CC2COc3ccccc3O2)c1C1CCNCC1. The summed E-state index contributed by atoms with van der Waals surface area (Å²) in [6, 6.07) is 13.5. The van der Waals surface area contributed by atoms with Crippen molar-refractivity contribution < 1.29 is 14.3 Å². The first kappa shape index (κ1) is 19.8. The number of nitrogens with zero attached hydrogens (tertiary/aromatic N) is 1. The van der Waals surface area contributed by atoms with E-state index in [0.29, 0.717) is 30.0 Å². The van der Waals surface area contributed by atoms with Gasteiger partial charge in [-0.1, -0.05) is 24.3 Å². The average Bonchev–Trinajstić information content (AvgIpc) is 2.79. The molecule has 1 atom stereocenters. The highest BCUT2D eigenvalue weighted by molar-refractivity contribution is 6.05. The number of ether oxygens (including phenoxy) is 2. The molecule has 3 N–H and O–H groups in total. The van der Waals surface area contributed by atoms with E-state index in [0.717, 1.165) is 48.5 Å². The monoisotopic (exact) mass is 417 g/mol. The number of para-hydroxylation sites is 3. The summed E-state index contributed by atoms with van der Waals surface area (Å²) >= 11 is 0. The summed E-state index contributed by atoms with van der Waals surface area (Å²) < 4.78 is 12.3. The molecule has 6 nitrogen and oxygen atoms in total. The quantitative estimate of drug-likeness (QED) is 0.679. The zero-order valence-electron chi connectivity index (χ0n) is 17.7. The summed E-state index contributed by atoms with van der Waals surface area (Å²) in [5.74, 6) is 1.53. The lowest BCUT2D eigenvalue weighted by Gasteiger charge is -2.31. The van der Waals surface area contributed by atoms with Gasteiger partial charge in [0.25, 0.3) is 5.91 Å². The zero-order chi connectivity index (χ0) is 21.4. The number of carbonyl (C=O) groups excluding carboxylic acids is 1. The fourth-order valence-electron chi connectivity index (χ4n) is 4.96. The van der Waals surface area contributed by atoms with Crippen LogP contribution >= 0.6 is 0 Å². The fraction of sp³-hybridized carbons (Fsp3) is 0.360. The van der Waals surface area contributed by atoms with Crippen molar-refractivity contribution in [3.8, 4) is 11.5 Å². The van der Waals surface area contributed by atoms with Crippen LogP contribution in [0.25, 0.3) is 10.9 Å². The number of aromatic nitrogens is 1. The van der Waals surface area contributed by atoms with Crippen LogP contribution in [0.15, 0.2) is 42.5 Å². The van der Waals surface area contributed by atoms with E-state index in [-0.39, 0.29) is 6.10 Å². The Morgan fingerprint density at radius 1 is 1.13 bits per heavy atom. The second-order valence-corrected chi connectivity index (χ2v) is 8.38. The summed E-state index contributed by atoms with van der Waals surface area (Å²) in [7, 11) is 0. The number of hydrogen-bond acceptors (Lipinski definition) is 5. The van der Waals surface area contributed by atoms with Crippen LogP contribution in [-0.2, 0) is 6.42 Å².